The molecule has 8 rings (SSSR count). The van der Waals surface area contributed by atoms with Gasteiger partial charge in [0.2, 0.25) is 5.89 Å². The third-order valence-corrected chi connectivity index (χ3v) is 7.55. The summed E-state index contributed by atoms with van der Waals surface area (Å²) in [6, 6.07) is 48.9. The van der Waals surface area contributed by atoms with Gasteiger partial charge in [0.15, 0.2) is 23.1 Å². The lowest BCUT2D eigenvalue weighted by molar-refractivity contribution is 0.620. The predicted octanol–water partition coefficient (Wildman–Crippen LogP) is 9.50. The number of benzene rings is 6. The summed E-state index contributed by atoms with van der Waals surface area (Å²) < 4.78 is 6.15. The Balaban J connectivity index is 1.24. The van der Waals surface area contributed by atoms with E-state index in [9.17, 15) is 0 Å². The standard InChI is InChI=1S/C38H24N4O/c1-4-11-26(12-5-1)35-40-36(27-13-6-2-7-14-27)42-37(41-35)31-18-10-17-29(23-31)30-20-19-25-21-22-33-34(32(25)24-30)39-38(43-33)28-15-8-3-9-16-28/h1-24H. The number of hydrogen-bond donors (Lipinski definition) is 0. The zero-order valence-electron chi connectivity index (χ0n) is 23.1. The third kappa shape index (κ3) is 4.73. The predicted molar refractivity (Wildman–Crippen MR) is 172 cm³/mol. The second-order valence-electron chi connectivity index (χ2n) is 10.4. The summed E-state index contributed by atoms with van der Waals surface area (Å²) >= 11 is 0. The van der Waals surface area contributed by atoms with Gasteiger partial charge in [0.1, 0.15) is 5.52 Å². The van der Waals surface area contributed by atoms with E-state index >= 15 is 0 Å². The van der Waals surface area contributed by atoms with Gasteiger partial charge in [-0.25, -0.2) is 19.9 Å². The molecule has 0 atom stereocenters. The zero-order chi connectivity index (χ0) is 28.6. The quantitative estimate of drug-likeness (QED) is 0.213. The number of oxazole rings is 1. The van der Waals surface area contributed by atoms with Crippen LogP contribution in [0.2, 0.25) is 0 Å². The molecule has 8 aromatic rings. The van der Waals surface area contributed by atoms with Gasteiger partial charge in [-0.2, -0.15) is 0 Å². The minimum Gasteiger partial charge on any atom is -0.436 e. The molecule has 0 radical (unpaired) electrons. The van der Waals surface area contributed by atoms with Crippen LogP contribution < -0.4 is 0 Å². The number of hydrogen-bond acceptors (Lipinski definition) is 5. The van der Waals surface area contributed by atoms with Crippen LogP contribution in [0.25, 0.3) is 78.6 Å². The fourth-order valence-electron chi connectivity index (χ4n) is 5.37. The van der Waals surface area contributed by atoms with E-state index in [2.05, 4.69) is 36.4 Å². The SMILES string of the molecule is c1ccc(-c2nc(-c3ccccc3)nc(-c3cccc(-c4ccc5ccc6oc(-c7ccccc7)nc6c5c4)c3)n2)cc1. The summed E-state index contributed by atoms with van der Waals surface area (Å²) in [5.41, 5.74) is 7.52. The molecule has 0 fully saturated rings. The minimum absolute atomic E-state index is 0.619. The lowest BCUT2D eigenvalue weighted by Crippen LogP contribution is -2.00. The highest BCUT2D eigenvalue weighted by atomic mass is 16.3. The molecular formula is C38H24N4O. The second kappa shape index (κ2) is 10.5. The third-order valence-electron chi connectivity index (χ3n) is 7.55. The van der Waals surface area contributed by atoms with Gasteiger partial charge in [-0.3, -0.25) is 0 Å². The molecular weight excluding hydrogens is 528 g/mol. The van der Waals surface area contributed by atoms with Crippen LogP contribution in [-0.4, -0.2) is 19.9 Å². The van der Waals surface area contributed by atoms with Crippen molar-refractivity contribution in [2.75, 3.05) is 0 Å². The maximum absolute atomic E-state index is 6.15. The summed E-state index contributed by atoms with van der Waals surface area (Å²) in [5.74, 6) is 2.53. The van der Waals surface area contributed by atoms with Crippen LogP contribution in [0.5, 0.6) is 0 Å². The Bertz CT molecular complexity index is 2170. The van der Waals surface area contributed by atoms with E-state index in [-0.39, 0.29) is 0 Å². The van der Waals surface area contributed by atoms with E-state index < -0.39 is 0 Å². The van der Waals surface area contributed by atoms with E-state index in [1.165, 1.54) is 0 Å². The zero-order valence-corrected chi connectivity index (χ0v) is 23.1. The molecule has 0 bridgehead atoms. The van der Waals surface area contributed by atoms with E-state index in [0.717, 1.165) is 55.3 Å². The van der Waals surface area contributed by atoms with Crippen LogP contribution in [0.1, 0.15) is 0 Å². The maximum atomic E-state index is 6.15. The van der Waals surface area contributed by atoms with Crippen molar-refractivity contribution >= 4 is 21.9 Å². The Morgan fingerprint density at radius 3 is 1.53 bits per heavy atom. The van der Waals surface area contributed by atoms with Crippen LogP contribution in [0.15, 0.2) is 150 Å². The Labute approximate surface area is 248 Å². The van der Waals surface area contributed by atoms with Crippen molar-refractivity contribution in [3.63, 3.8) is 0 Å². The molecule has 43 heavy (non-hydrogen) atoms. The Kier molecular flexibility index (Phi) is 6.05. The van der Waals surface area contributed by atoms with Crippen LogP contribution in [0, 0.1) is 0 Å². The molecule has 5 nitrogen and oxygen atoms in total. The van der Waals surface area contributed by atoms with Crippen molar-refractivity contribution in [3.05, 3.63) is 146 Å². The van der Waals surface area contributed by atoms with Crippen molar-refractivity contribution < 1.29 is 4.42 Å². The molecule has 0 unspecified atom stereocenters. The first-order chi connectivity index (χ1) is 21.3. The fraction of sp³-hybridized carbons (Fsp3) is 0. The summed E-state index contributed by atoms with van der Waals surface area (Å²) in [5, 5.41) is 2.15. The molecule has 6 aromatic carbocycles. The van der Waals surface area contributed by atoms with Crippen LogP contribution in [-0.2, 0) is 0 Å². The normalized spacial score (nSPS) is 11.3. The molecule has 2 aromatic heterocycles. The molecule has 0 spiro atoms. The average molecular weight is 553 g/mol. The van der Waals surface area contributed by atoms with E-state index in [1.54, 1.807) is 0 Å². The Morgan fingerprint density at radius 2 is 0.884 bits per heavy atom. The van der Waals surface area contributed by atoms with Crippen LogP contribution in [0.4, 0.5) is 0 Å². The fourth-order valence-corrected chi connectivity index (χ4v) is 5.37. The van der Waals surface area contributed by atoms with Crippen molar-refractivity contribution in [2.45, 2.75) is 0 Å². The number of rotatable bonds is 5. The van der Waals surface area contributed by atoms with Crippen molar-refractivity contribution in [1.29, 1.82) is 0 Å². The van der Waals surface area contributed by atoms with Crippen LogP contribution >= 0.6 is 0 Å². The van der Waals surface area contributed by atoms with Gasteiger partial charge >= 0.3 is 0 Å². The molecule has 0 saturated heterocycles. The van der Waals surface area contributed by atoms with Gasteiger partial charge in [0, 0.05) is 27.6 Å². The number of aromatic nitrogens is 4. The Hall–Kier alpha value is -5.94. The van der Waals surface area contributed by atoms with Gasteiger partial charge in [-0.15, -0.1) is 0 Å². The summed E-state index contributed by atoms with van der Waals surface area (Å²) in [4.78, 5) is 19.5. The monoisotopic (exact) mass is 552 g/mol. The largest absolute Gasteiger partial charge is 0.436 e. The lowest BCUT2D eigenvalue weighted by atomic mass is 9.99. The molecule has 5 heteroatoms. The van der Waals surface area contributed by atoms with Gasteiger partial charge in [-0.05, 0) is 46.8 Å². The molecule has 0 aliphatic rings. The second-order valence-corrected chi connectivity index (χ2v) is 10.4. The first kappa shape index (κ1) is 24.8. The van der Waals surface area contributed by atoms with Crippen molar-refractivity contribution in [2.24, 2.45) is 0 Å². The van der Waals surface area contributed by atoms with Crippen molar-refractivity contribution in [3.8, 4) is 56.7 Å². The first-order valence-electron chi connectivity index (χ1n) is 14.1. The minimum atomic E-state index is 0.619. The smallest absolute Gasteiger partial charge is 0.227 e. The van der Waals surface area contributed by atoms with Crippen molar-refractivity contribution in [1.82, 2.24) is 19.9 Å². The number of fused-ring (bicyclic) bond motifs is 3. The Morgan fingerprint density at radius 1 is 0.372 bits per heavy atom. The molecule has 202 valence electrons. The van der Waals surface area contributed by atoms with Gasteiger partial charge < -0.3 is 4.42 Å². The van der Waals surface area contributed by atoms with Gasteiger partial charge in [0.05, 0.1) is 0 Å². The van der Waals surface area contributed by atoms with E-state index in [1.807, 2.05) is 109 Å². The molecule has 0 N–H and O–H groups in total. The van der Waals surface area contributed by atoms with Crippen LogP contribution in [0.3, 0.4) is 0 Å². The maximum Gasteiger partial charge on any atom is 0.227 e. The highest BCUT2D eigenvalue weighted by molar-refractivity contribution is 6.05. The highest BCUT2D eigenvalue weighted by Gasteiger charge is 2.14. The first-order valence-corrected chi connectivity index (χ1v) is 14.1. The lowest BCUT2D eigenvalue weighted by Gasteiger charge is -2.10. The van der Waals surface area contributed by atoms with E-state index in [0.29, 0.717) is 23.4 Å². The molecule has 2 heterocycles. The van der Waals surface area contributed by atoms with Gasteiger partial charge in [-0.1, -0.05) is 115 Å². The summed E-state index contributed by atoms with van der Waals surface area (Å²) in [6.07, 6.45) is 0. The average Bonchev–Trinajstić information content (AvgIpc) is 3.54. The highest BCUT2D eigenvalue weighted by Crippen LogP contribution is 2.34. The topological polar surface area (TPSA) is 64.7 Å². The molecule has 0 aliphatic heterocycles. The van der Waals surface area contributed by atoms with E-state index in [4.69, 9.17) is 24.4 Å². The molecule has 0 amide bonds. The molecule has 0 saturated carbocycles. The molecule has 0 aliphatic carbocycles. The van der Waals surface area contributed by atoms with Gasteiger partial charge in [0.25, 0.3) is 0 Å². The summed E-state index contributed by atoms with van der Waals surface area (Å²) in [7, 11) is 0. The number of nitrogens with zero attached hydrogens (tertiary/aromatic N) is 4. The summed E-state index contributed by atoms with van der Waals surface area (Å²) in [6.45, 7) is 0.